The molecule has 36 heavy (non-hydrogen) atoms. The van der Waals surface area contributed by atoms with Gasteiger partial charge in [0.05, 0.1) is 21.2 Å². The molecule has 0 aromatic heterocycles. The predicted molar refractivity (Wildman–Crippen MR) is 128 cm³/mol. The van der Waals surface area contributed by atoms with E-state index in [0.29, 0.717) is 36.5 Å². The third-order valence-electron chi connectivity index (χ3n) is 5.29. The number of benzene rings is 2. The molecule has 0 fully saturated rings. The van der Waals surface area contributed by atoms with Gasteiger partial charge < -0.3 is 15.4 Å². The van der Waals surface area contributed by atoms with Crippen molar-refractivity contribution in [1.29, 1.82) is 0 Å². The standard InChI is InChI=1S/C24H26Cl2F6N2O2/c1-3-5-34(6-4-2)21-13-20(26)19(25)11-15(21)10-18(36-22(33)35)9-14-7-16(23(27,28)29)12-17(8-14)24(30,31)32/h7-8,11-13,18H,3-6,9-10H2,1-2H3,(H2,33,35). The predicted octanol–water partition coefficient (Wildman–Crippen LogP) is 7.91. The van der Waals surface area contributed by atoms with E-state index in [9.17, 15) is 31.1 Å². The van der Waals surface area contributed by atoms with Gasteiger partial charge in [-0.2, -0.15) is 26.3 Å². The van der Waals surface area contributed by atoms with Crippen LogP contribution in [0.5, 0.6) is 0 Å². The molecule has 1 unspecified atom stereocenters. The zero-order chi connectivity index (χ0) is 27.3. The molecule has 1 amide bonds. The summed E-state index contributed by atoms with van der Waals surface area (Å²) in [6.07, 6.45) is -11.3. The average molecular weight is 559 g/mol. The SMILES string of the molecule is CCCN(CCC)c1cc(Cl)c(Cl)cc1CC(Cc1cc(C(F)(F)F)cc(C(F)(F)F)c1)OC(N)=O. The van der Waals surface area contributed by atoms with Crippen LogP contribution in [0, 0.1) is 0 Å². The third kappa shape index (κ3) is 8.37. The minimum absolute atomic E-state index is 0.0396. The minimum atomic E-state index is -5.01. The minimum Gasteiger partial charge on any atom is -0.446 e. The molecule has 0 aliphatic rings. The highest BCUT2D eigenvalue weighted by atomic mass is 35.5. The van der Waals surface area contributed by atoms with Crippen LogP contribution in [0.25, 0.3) is 0 Å². The van der Waals surface area contributed by atoms with Crippen LogP contribution in [-0.4, -0.2) is 25.3 Å². The first-order valence-corrected chi connectivity index (χ1v) is 11.9. The monoisotopic (exact) mass is 558 g/mol. The van der Waals surface area contributed by atoms with Gasteiger partial charge in [-0.25, -0.2) is 4.79 Å². The first-order chi connectivity index (χ1) is 16.6. The second-order valence-corrected chi connectivity index (χ2v) is 9.08. The molecule has 1 atom stereocenters. The molecule has 200 valence electrons. The van der Waals surface area contributed by atoms with E-state index in [1.807, 2.05) is 18.7 Å². The average Bonchev–Trinajstić information content (AvgIpc) is 2.74. The molecule has 0 spiro atoms. The maximum atomic E-state index is 13.3. The van der Waals surface area contributed by atoms with Crippen molar-refractivity contribution in [1.82, 2.24) is 0 Å². The topological polar surface area (TPSA) is 55.6 Å². The number of rotatable bonds is 10. The van der Waals surface area contributed by atoms with Crippen LogP contribution >= 0.6 is 23.2 Å². The number of nitrogens with zero attached hydrogens (tertiary/aromatic N) is 1. The van der Waals surface area contributed by atoms with Gasteiger partial charge in [-0.1, -0.05) is 37.0 Å². The van der Waals surface area contributed by atoms with Crippen molar-refractivity contribution >= 4 is 35.0 Å². The van der Waals surface area contributed by atoms with Crippen LogP contribution < -0.4 is 10.6 Å². The lowest BCUT2D eigenvalue weighted by molar-refractivity contribution is -0.143. The van der Waals surface area contributed by atoms with Crippen molar-refractivity contribution in [2.24, 2.45) is 5.73 Å². The summed E-state index contributed by atoms with van der Waals surface area (Å²) in [5.74, 6) is 0. The van der Waals surface area contributed by atoms with Crippen molar-refractivity contribution < 1.29 is 35.9 Å². The van der Waals surface area contributed by atoms with Gasteiger partial charge in [0.1, 0.15) is 6.10 Å². The van der Waals surface area contributed by atoms with Crippen LogP contribution in [0.4, 0.5) is 36.8 Å². The molecule has 0 saturated heterocycles. The molecule has 0 aliphatic carbocycles. The number of nitrogens with two attached hydrogens (primary N) is 1. The molecule has 0 radical (unpaired) electrons. The Kier molecular flexibility index (Phi) is 10.2. The van der Waals surface area contributed by atoms with Gasteiger partial charge in [0, 0.05) is 31.6 Å². The molecule has 4 nitrogen and oxygen atoms in total. The van der Waals surface area contributed by atoms with Gasteiger partial charge >= 0.3 is 18.4 Å². The van der Waals surface area contributed by atoms with Gasteiger partial charge in [-0.05, 0) is 54.3 Å². The Labute approximate surface area is 215 Å². The van der Waals surface area contributed by atoms with Crippen LogP contribution in [0.2, 0.25) is 10.0 Å². The molecule has 0 saturated carbocycles. The lowest BCUT2D eigenvalue weighted by Crippen LogP contribution is -2.30. The van der Waals surface area contributed by atoms with Crippen molar-refractivity contribution in [2.75, 3.05) is 18.0 Å². The number of carbonyl (C=O) groups is 1. The molecule has 2 N–H and O–H groups in total. The van der Waals surface area contributed by atoms with E-state index < -0.39 is 42.1 Å². The first-order valence-electron chi connectivity index (χ1n) is 11.1. The number of anilines is 1. The number of primary amides is 1. The third-order valence-corrected chi connectivity index (χ3v) is 6.01. The zero-order valence-electron chi connectivity index (χ0n) is 19.6. The summed E-state index contributed by atoms with van der Waals surface area (Å²) in [7, 11) is 0. The normalized spacial score (nSPS) is 12.9. The smallest absolute Gasteiger partial charge is 0.416 e. The van der Waals surface area contributed by atoms with E-state index in [1.165, 1.54) is 0 Å². The number of hydrogen-bond donors (Lipinski definition) is 1. The molecule has 2 aromatic rings. The van der Waals surface area contributed by atoms with E-state index in [4.69, 9.17) is 33.7 Å². The van der Waals surface area contributed by atoms with Crippen LogP contribution in [0.1, 0.15) is 48.9 Å². The van der Waals surface area contributed by atoms with Crippen LogP contribution in [0.15, 0.2) is 30.3 Å². The zero-order valence-corrected chi connectivity index (χ0v) is 21.1. The van der Waals surface area contributed by atoms with Gasteiger partial charge in [0.15, 0.2) is 0 Å². The second-order valence-electron chi connectivity index (χ2n) is 8.26. The second kappa shape index (κ2) is 12.3. The number of amides is 1. The van der Waals surface area contributed by atoms with Gasteiger partial charge in [-0.3, -0.25) is 0 Å². The number of halogens is 8. The maximum Gasteiger partial charge on any atom is 0.416 e. The number of hydrogen-bond acceptors (Lipinski definition) is 3. The molecule has 2 rings (SSSR count). The number of carbonyl (C=O) groups excluding carboxylic acids is 1. The molecule has 2 aromatic carbocycles. The number of alkyl halides is 6. The summed E-state index contributed by atoms with van der Waals surface area (Å²) in [5.41, 5.74) is 3.16. The Morgan fingerprint density at radius 3 is 1.83 bits per heavy atom. The van der Waals surface area contributed by atoms with E-state index in [2.05, 4.69) is 0 Å². The Morgan fingerprint density at radius 2 is 1.39 bits per heavy atom. The fourth-order valence-electron chi connectivity index (χ4n) is 3.89. The van der Waals surface area contributed by atoms with Gasteiger partial charge in [0.2, 0.25) is 0 Å². The highest BCUT2D eigenvalue weighted by Gasteiger charge is 2.37. The van der Waals surface area contributed by atoms with Crippen LogP contribution in [-0.2, 0) is 29.9 Å². The highest BCUT2D eigenvalue weighted by Crippen LogP contribution is 2.37. The number of ether oxygens (including phenoxy) is 1. The van der Waals surface area contributed by atoms with Crippen LogP contribution in [0.3, 0.4) is 0 Å². The summed E-state index contributed by atoms with van der Waals surface area (Å²) >= 11 is 12.4. The maximum absolute atomic E-state index is 13.3. The van der Waals surface area contributed by atoms with E-state index in [-0.39, 0.29) is 28.1 Å². The molecule has 12 heteroatoms. The molecular weight excluding hydrogens is 533 g/mol. The highest BCUT2D eigenvalue weighted by molar-refractivity contribution is 6.42. The van der Waals surface area contributed by atoms with Crippen molar-refractivity contribution in [3.05, 3.63) is 62.6 Å². The summed E-state index contributed by atoms with van der Waals surface area (Å²) in [4.78, 5) is 13.6. The summed E-state index contributed by atoms with van der Waals surface area (Å²) in [6.45, 7) is 5.26. The lowest BCUT2D eigenvalue weighted by atomic mass is 9.96. The van der Waals surface area contributed by atoms with Crippen molar-refractivity contribution in [3.63, 3.8) is 0 Å². The summed E-state index contributed by atoms with van der Waals surface area (Å²) in [6, 6.07) is 4.42. The summed E-state index contributed by atoms with van der Waals surface area (Å²) in [5, 5.41) is 0.465. The molecule has 0 bridgehead atoms. The molecular formula is C24H26Cl2F6N2O2. The lowest BCUT2D eigenvalue weighted by Gasteiger charge is -2.28. The van der Waals surface area contributed by atoms with E-state index in [1.54, 1.807) is 12.1 Å². The fraction of sp³-hybridized carbons (Fsp3) is 0.458. The Hall–Kier alpha value is -2.33. The largest absolute Gasteiger partial charge is 0.446 e. The van der Waals surface area contributed by atoms with E-state index in [0.717, 1.165) is 12.8 Å². The Balaban J connectivity index is 2.53. The molecule has 0 aliphatic heterocycles. The Bertz CT molecular complexity index is 1020. The molecule has 0 heterocycles. The first kappa shape index (κ1) is 29.9. The fourth-order valence-corrected chi connectivity index (χ4v) is 4.24. The quantitative estimate of drug-likeness (QED) is 0.301. The van der Waals surface area contributed by atoms with E-state index >= 15 is 0 Å². The van der Waals surface area contributed by atoms with Gasteiger partial charge in [0.25, 0.3) is 0 Å². The van der Waals surface area contributed by atoms with Crippen molar-refractivity contribution in [3.8, 4) is 0 Å². The van der Waals surface area contributed by atoms with Crippen molar-refractivity contribution in [2.45, 2.75) is 58.0 Å². The summed E-state index contributed by atoms with van der Waals surface area (Å²) < 4.78 is 84.9. The Morgan fingerprint density at radius 1 is 0.889 bits per heavy atom. The van der Waals surface area contributed by atoms with Gasteiger partial charge in [-0.15, -0.1) is 0 Å².